The Morgan fingerprint density at radius 3 is 2.31 bits per heavy atom. The molecule has 1 aromatic rings. The van der Waals surface area contributed by atoms with E-state index in [2.05, 4.69) is 5.32 Å². The fourth-order valence-corrected chi connectivity index (χ4v) is 3.43. The van der Waals surface area contributed by atoms with E-state index in [9.17, 15) is 23.2 Å². The van der Waals surface area contributed by atoms with E-state index in [1.807, 2.05) is 0 Å². The third-order valence-corrected chi connectivity index (χ3v) is 5.15. The molecule has 2 amide bonds. The number of piperidine rings is 1. The van der Waals surface area contributed by atoms with Crippen LogP contribution in [-0.4, -0.2) is 46.9 Å². The average Bonchev–Trinajstić information content (AvgIpc) is 2.56. The monoisotopic (exact) mass is 366 g/mol. The minimum atomic E-state index is -0.896. The van der Waals surface area contributed by atoms with Gasteiger partial charge in [0.1, 0.15) is 11.6 Å². The molecule has 1 heterocycles. The molecule has 2 N–H and O–H groups in total. The predicted octanol–water partition coefficient (Wildman–Crippen LogP) is 1.80. The van der Waals surface area contributed by atoms with Crippen LogP contribution in [0.3, 0.4) is 0 Å². The number of benzene rings is 1. The predicted molar refractivity (Wildman–Crippen MR) is 87.3 cm³/mol. The van der Waals surface area contributed by atoms with Crippen LogP contribution < -0.4 is 5.32 Å². The van der Waals surface area contributed by atoms with E-state index in [0.717, 1.165) is 12.1 Å². The third-order valence-electron chi connectivity index (χ3n) is 5.15. The number of nitrogens with one attached hydrogen (secondary N) is 1. The standard InChI is InChI=1S/C18H20F2N2O4/c19-12-1-2-14(15(20)9-12)17(24)22-5-3-10(4-6-22)16(23)21-13-7-11(8-13)18(25)26/h1-2,9-11,13H,3-8H2,(H,21,23)(H,25,26). The molecule has 2 fully saturated rings. The fourth-order valence-electron chi connectivity index (χ4n) is 3.43. The zero-order valence-electron chi connectivity index (χ0n) is 14.1. The van der Waals surface area contributed by atoms with Crippen molar-refractivity contribution in [3.63, 3.8) is 0 Å². The number of amides is 2. The highest BCUT2D eigenvalue weighted by atomic mass is 19.1. The van der Waals surface area contributed by atoms with Gasteiger partial charge in [-0.15, -0.1) is 0 Å². The number of halogens is 2. The van der Waals surface area contributed by atoms with Crippen LogP contribution >= 0.6 is 0 Å². The first kappa shape index (κ1) is 18.3. The summed E-state index contributed by atoms with van der Waals surface area (Å²) < 4.78 is 26.7. The third kappa shape index (κ3) is 3.84. The first-order valence-electron chi connectivity index (χ1n) is 8.62. The highest BCUT2D eigenvalue weighted by Gasteiger charge is 2.37. The minimum absolute atomic E-state index is 0.100. The SMILES string of the molecule is O=C(O)C1CC(NC(=O)C2CCN(C(=O)c3ccc(F)cc3F)CC2)C1. The van der Waals surface area contributed by atoms with Gasteiger partial charge in [0.25, 0.3) is 5.91 Å². The van der Waals surface area contributed by atoms with Gasteiger partial charge < -0.3 is 15.3 Å². The van der Waals surface area contributed by atoms with Crippen molar-refractivity contribution in [3.8, 4) is 0 Å². The van der Waals surface area contributed by atoms with Crippen molar-refractivity contribution < 1.29 is 28.3 Å². The molecular formula is C18H20F2N2O4. The van der Waals surface area contributed by atoms with Gasteiger partial charge in [-0.3, -0.25) is 14.4 Å². The summed E-state index contributed by atoms with van der Waals surface area (Å²) in [6, 6.07) is 2.74. The van der Waals surface area contributed by atoms with Crippen molar-refractivity contribution in [3.05, 3.63) is 35.4 Å². The lowest BCUT2D eigenvalue weighted by atomic mass is 9.80. The molecule has 26 heavy (non-hydrogen) atoms. The molecule has 2 aliphatic rings. The average molecular weight is 366 g/mol. The molecule has 1 aromatic carbocycles. The summed E-state index contributed by atoms with van der Waals surface area (Å²) in [5.74, 6) is -3.74. The summed E-state index contributed by atoms with van der Waals surface area (Å²) in [5.41, 5.74) is -0.177. The van der Waals surface area contributed by atoms with E-state index in [1.54, 1.807) is 0 Å². The van der Waals surface area contributed by atoms with Crippen LogP contribution in [0.25, 0.3) is 0 Å². The lowest BCUT2D eigenvalue weighted by molar-refractivity contribution is -0.146. The molecule has 1 saturated heterocycles. The first-order valence-corrected chi connectivity index (χ1v) is 8.62. The van der Waals surface area contributed by atoms with Crippen LogP contribution in [0.1, 0.15) is 36.0 Å². The van der Waals surface area contributed by atoms with Crippen LogP contribution in [0.15, 0.2) is 18.2 Å². The van der Waals surface area contributed by atoms with Gasteiger partial charge >= 0.3 is 5.97 Å². The summed E-state index contributed by atoms with van der Waals surface area (Å²) >= 11 is 0. The number of carbonyl (C=O) groups excluding carboxylic acids is 2. The molecule has 0 atom stereocenters. The molecule has 8 heteroatoms. The van der Waals surface area contributed by atoms with Gasteiger partial charge in [0.2, 0.25) is 5.91 Å². The van der Waals surface area contributed by atoms with Gasteiger partial charge in [0.05, 0.1) is 11.5 Å². The quantitative estimate of drug-likeness (QED) is 0.851. The Hall–Kier alpha value is -2.51. The molecule has 1 aliphatic carbocycles. The Balaban J connectivity index is 1.48. The molecule has 140 valence electrons. The maximum atomic E-state index is 13.7. The number of carboxylic acid groups (broad SMARTS) is 1. The number of rotatable bonds is 4. The Morgan fingerprint density at radius 2 is 1.73 bits per heavy atom. The van der Waals surface area contributed by atoms with Gasteiger partial charge in [0, 0.05) is 31.1 Å². The summed E-state index contributed by atoms with van der Waals surface area (Å²) in [5, 5.41) is 11.7. The second kappa shape index (κ2) is 7.39. The molecule has 0 bridgehead atoms. The van der Waals surface area contributed by atoms with Gasteiger partial charge in [0.15, 0.2) is 0 Å². The zero-order chi connectivity index (χ0) is 18.8. The Kier molecular flexibility index (Phi) is 5.20. The van der Waals surface area contributed by atoms with Crippen LogP contribution in [0.2, 0.25) is 0 Å². The van der Waals surface area contributed by atoms with E-state index in [-0.39, 0.29) is 29.3 Å². The lowest BCUT2D eigenvalue weighted by Gasteiger charge is -2.36. The second-order valence-corrected chi connectivity index (χ2v) is 6.90. The smallest absolute Gasteiger partial charge is 0.306 e. The Bertz CT molecular complexity index is 726. The van der Waals surface area contributed by atoms with Crippen molar-refractivity contribution in [1.82, 2.24) is 10.2 Å². The van der Waals surface area contributed by atoms with Crippen LogP contribution in [0, 0.1) is 23.5 Å². The maximum Gasteiger partial charge on any atom is 0.306 e. The lowest BCUT2D eigenvalue weighted by Crippen LogP contribution is -2.50. The number of hydrogen-bond donors (Lipinski definition) is 2. The number of nitrogens with zero attached hydrogens (tertiary/aromatic N) is 1. The van der Waals surface area contributed by atoms with E-state index in [1.165, 1.54) is 4.90 Å². The fraction of sp³-hybridized carbons (Fsp3) is 0.500. The Labute approximate surface area is 149 Å². The number of likely N-dealkylation sites (tertiary alicyclic amines) is 1. The number of carboxylic acids is 1. The van der Waals surface area contributed by atoms with Gasteiger partial charge in [-0.25, -0.2) is 8.78 Å². The molecule has 1 saturated carbocycles. The van der Waals surface area contributed by atoms with E-state index >= 15 is 0 Å². The van der Waals surface area contributed by atoms with Gasteiger partial charge in [-0.2, -0.15) is 0 Å². The van der Waals surface area contributed by atoms with Crippen molar-refractivity contribution in [2.24, 2.45) is 11.8 Å². The van der Waals surface area contributed by atoms with Crippen LogP contribution in [-0.2, 0) is 9.59 Å². The summed E-state index contributed by atoms with van der Waals surface area (Å²) in [6.45, 7) is 0.631. The van der Waals surface area contributed by atoms with Crippen molar-refractivity contribution in [1.29, 1.82) is 0 Å². The van der Waals surface area contributed by atoms with Crippen LogP contribution in [0.5, 0.6) is 0 Å². The van der Waals surface area contributed by atoms with E-state index in [0.29, 0.717) is 44.8 Å². The molecule has 0 radical (unpaired) electrons. The first-order chi connectivity index (χ1) is 12.3. The zero-order valence-corrected chi connectivity index (χ0v) is 14.1. The number of carbonyl (C=O) groups is 3. The second-order valence-electron chi connectivity index (χ2n) is 6.90. The van der Waals surface area contributed by atoms with Gasteiger partial charge in [-0.05, 0) is 37.8 Å². The molecule has 6 nitrogen and oxygen atoms in total. The summed E-state index contributed by atoms with van der Waals surface area (Å²) in [4.78, 5) is 36.8. The normalized spacial score (nSPS) is 23.2. The molecular weight excluding hydrogens is 346 g/mol. The topological polar surface area (TPSA) is 86.7 Å². The van der Waals surface area contributed by atoms with Crippen molar-refractivity contribution >= 4 is 17.8 Å². The maximum absolute atomic E-state index is 13.7. The Morgan fingerprint density at radius 1 is 1.08 bits per heavy atom. The highest BCUT2D eigenvalue weighted by molar-refractivity contribution is 5.94. The summed E-state index contributed by atoms with van der Waals surface area (Å²) in [6.07, 6.45) is 1.80. The highest BCUT2D eigenvalue weighted by Crippen LogP contribution is 2.28. The number of aliphatic carboxylic acids is 1. The van der Waals surface area contributed by atoms with Crippen molar-refractivity contribution in [2.45, 2.75) is 31.7 Å². The van der Waals surface area contributed by atoms with Crippen molar-refractivity contribution in [2.75, 3.05) is 13.1 Å². The van der Waals surface area contributed by atoms with E-state index in [4.69, 9.17) is 5.11 Å². The van der Waals surface area contributed by atoms with E-state index < -0.39 is 23.5 Å². The summed E-state index contributed by atoms with van der Waals surface area (Å²) in [7, 11) is 0. The molecule has 3 rings (SSSR count). The molecule has 1 aliphatic heterocycles. The minimum Gasteiger partial charge on any atom is -0.481 e. The largest absolute Gasteiger partial charge is 0.481 e. The van der Waals surface area contributed by atoms with Crippen LogP contribution in [0.4, 0.5) is 8.78 Å². The molecule has 0 spiro atoms. The molecule has 0 aromatic heterocycles. The number of hydrogen-bond acceptors (Lipinski definition) is 3. The molecule has 0 unspecified atom stereocenters. The van der Waals surface area contributed by atoms with Gasteiger partial charge in [-0.1, -0.05) is 0 Å².